The third kappa shape index (κ3) is 6.04. The van der Waals surface area contributed by atoms with E-state index in [-0.39, 0.29) is 18.4 Å². The Balaban J connectivity index is 2.50. The lowest BCUT2D eigenvalue weighted by atomic mass is 9.81. The molecule has 1 aliphatic rings. The predicted octanol–water partition coefficient (Wildman–Crippen LogP) is 2.32. The van der Waals surface area contributed by atoms with Crippen molar-refractivity contribution in [2.24, 2.45) is 11.8 Å². The van der Waals surface area contributed by atoms with E-state index in [2.05, 4.69) is 12.2 Å². The number of rotatable bonds is 8. The van der Waals surface area contributed by atoms with Crippen LogP contribution in [0.15, 0.2) is 0 Å². The Labute approximate surface area is 127 Å². The Hall–Kier alpha value is -1.10. The maximum absolute atomic E-state index is 12.3. The maximum Gasteiger partial charge on any atom is 0.337 e. The molecule has 1 amide bonds. The van der Waals surface area contributed by atoms with E-state index in [1.165, 1.54) is 39.0 Å². The van der Waals surface area contributed by atoms with Gasteiger partial charge in [0.15, 0.2) is 5.60 Å². The van der Waals surface area contributed by atoms with Gasteiger partial charge >= 0.3 is 5.97 Å². The van der Waals surface area contributed by atoms with Gasteiger partial charge in [0.05, 0.1) is 6.54 Å². The Morgan fingerprint density at radius 3 is 2.43 bits per heavy atom. The first-order chi connectivity index (χ1) is 9.86. The minimum Gasteiger partial charge on any atom is -0.479 e. The fourth-order valence-corrected chi connectivity index (χ4v) is 3.01. The molecule has 0 bridgehead atoms. The quantitative estimate of drug-likeness (QED) is 0.642. The van der Waals surface area contributed by atoms with Gasteiger partial charge in [-0.15, -0.1) is 0 Å². The fourth-order valence-electron chi connectivity index (χ4n) is 3.01. The molecule has 0 spiro atoms. The molecule has 0 aromatic carbocycles. The number of carboxylic acids is 1. The third-order valence-corrected chi connectivity index (χ3v) is 4.42. The first-order valence-corrected chi connectivity index (χ1v) is 8.10. The lowest BCUT2D eigenvalue weighted by Gasteiger charge is -2.27. The van der Waals surface area contributed by atoms with Crippen molar-refractivity contribution in [2.75, 3.05) is 6.54 Å². The van der Waals surface area contributed by atoms with Gasteiger partial charge in [-0.05, 0) is 25.7 Å². The molecule has 21 heavy (non-hydrogen) atoms. The molecule has 0 saturated heterocycles. The number of carboxylic acid groups (broad SMARTS) is 1. The molecule has 5 nitrogen and oxygen atoms in total. The number of hydrogen-bond donors (Lipinski definition) is 3. The molecule has 2 unspecified atom stereocenters. The van der Waals surface area contributed by atoms with E-state index in [4.69, 9.17) is 5.11 Å². The molecule has 0 radical (unpaired) electrons. The molecule has 0 heterocycles. The normalized spacial score (nSPS) is 20.5. The van der Waals surface area contributed by atoms with Crippen LogP contribution in [0.4, 0.5) is 0 Å². The average molecular weight is 299 g/mol. The molecular formula is C16H29NO4. The minimum atomic E-state index is -1.91. The van der Waals surface area contributed by atoms with Gasteiger partial charge in [0.1, 0.15) is 0 Å². The van der Waals surface area contributed by atoms with Gasteiger partial charge in [-0.25, -0.2) is 4.79 Å². The Bertz CT molecular complexity index is 348. The highest BCUT2D eigenvalue weighted by atomic mass is 16.4. The van der Waals surface area contributed by atoms with E-state index in [9.17, 15) is 14.7 Å². The summed E-state index contributed by atoms with van der Waals surface area (Å²) in [4.78, 5) is 23.1. The van der Waals surface area contributed by atoms with Crippen LogP contribution in [-0.2, 0) is 9.59 Å². The van der Waals surface area contributed by atoms with Gasteiger partial charge in [-0.1, -0.05) is 45.4 Å². The van der Waals surface area contributed by atoms with Crippen molar-refractivity contribution in [2.45, 2.75) is 70.8 Å². The van der Waals surface area contributed by atoms with Crippen LogP contribution in [0.3, 0.4) is 0 Å². The van der Waals surface area contributed by atoms with E-state index in [0.29, 0.717) is 5.92 Å². The summed E-state index contributed by atoms with van der Waals surface area (Å²) in [7, 11) is 0. The highest BCUT2D eigenvalue weighted by molar-refractivity contribution is 5.81. The van der Waals surface area contributed by atoms with Gasteiger partial charge in [-0.3, -0.25) is 4.79 Å². The molecule has 3 N–H and O–H groups in total. The van der Waals surface area contributed by atoms with Crippen molar-refractivity contribution in [1.82, 2.24) is 5.32 Å². The zero-order valence-corrected chi connectivity index (χ0v) is 13.2. The molecule has 1 fully saturated rings. The Kier molecular flexibility index (Phi) is 7.15. The molecule has 1 saturated carbocycles. The highest BCUT2D eigenvalue weighted by Gasteiger charge is 2.31. The summed E-state index contributed by atoms with van der Waals surface area (Å²) in [6, 6.07) is 0. The number of nitrogens with one attached hydrogen (secondary N) is 1. The van der Waals surface area contributed by atoms with Crippen LogP contribution in [0.2, 0.25) is 0 Å². The standard InChI is InChI=1S/C16H29NO4/c1-3-7-13(10-12-8-5-4-6-9-12)14(18)17-11-16(2,21)15(19)20/h12-13,21H,3-11H2,1-2H3,(H,17,18)(H,19,20). The van der Waals surface area contributed by atoms with Gasteiger partial charge in [0.25, 0.3) is 0 Å². The molecule has 122 valence electrons. The van der Waals surface area contributed by atoms with Crippen molar-refractivity contribution >= 4 is 11.9 Å². The smallest absolute Gasteiger partial charge is 0.337 e. The summed E-state index contributed by atoms with van der Waals surface area (Å²) in [5.74, 6) is -0.894. The predicted molar refractivity (Wildman–Crippen MR) is 80.9 cm³/mol. The largest absolute Gasteiger partial charge is 0.479 e. The number of hydrogen-bond acceptors (Lipinski definition) is 3. The molecule has 1 rings (SSSR count). The maximum atomic E-state index is 12.3. The summed E-state index contributed by atoms with van der Waals surface area (Å²) >= 11 is 0. The van der Waals surface area contributed by atoms with Crippen molar-refractivity contribution in [1.29, 1.82) is 0 Å². The summed E-state index contributed by atoms with van der Waals surface area (Å²) in [6.45, 7) is 3.01. The first-order valence-electron chi connectivity index (χ1n) is 8.10. The second-order valence-electron chi connectivity index (χ2n) is 6.52. The molecule has 2 atom stereocenters. The summed E-state index contributed by atoms with van der Waals surface area (Å²) < 4.78 is 0. The van der Waals surface area contributed by atoms with E-state index in [0.717, 1.165) is 19.3 Å². The average Bonchev–Trinajstić information content (AvgIpc) is 2.45. The second-order valence-corrected chi connectivity index (χ2v) is 6.52. The lowest BCUT2D eigenvalue weighted by Crippen LogP contribution is -2.48. The number of amides is 1. The zero-order valence-electron chi connectivity index (χ0n) is 13.2. The van der Waals surface area contributed by atoms with Crippen LogP contribution >= 0.6 is 0 Å². The number of aliphatic hydroxyl groups is 1. The molecule has 0 aromatic rings. The first kappa shape index (κ1) is 18.0. The minimum absolute atomic E-state index is 0.0669. The zero-order chi connectivity index (χ0) is 15.9. The van der Waals surface area contributed by atoms with Crippen LogP contribution in [0, 0.1) is 11.8 Å². The third-order valence-electron chi connectivity index (χ3n) is 4.42. The number of carbonyl (C=O) groups is 2. The Morgan fingerprint density at radius 1 is 1.29 bits per heavy atom. The van der Waals surface area contributed by atoms with Gasteiger partial charge in [-0.2, -0.15) is 0 Å². The summed E-state index contributed by atoms with van der Waals surface area (Å²) in [6.07, 6.45) is 8.81. The summed E-state index contributed by atoms with van der Waals surface area (Å²) in [5.41, 5.74) is -1.91. The van der Waals surface area contributed by atoms with Crippen LogP contribution < -0.4 is 5.32 Å². The SMILES string of the molecule is CCCC(CC1CCCCC1)C(=O)NCC(C)(O)C(=O)O. The van der Waals surface area contributed by atoms with E-state index in [1.807, 2.05) is 0 Å². The van der Waals surface area contributed by atoms with Crippen molar-refractivity contribution < 1.29 is 19.8 Å². The molecule has 0 aromatic heterocycles. The van der Waals surface area contributed by atoms with Gasteiger partial charge in [0.2, 0.25) is 5.91 Å². The number of aliphatic carboxylic acids is 1. The van der Waals surface area contributed by atoms with Crippen LogP contribution in [0.1, 0.15) is 65.2 Å². The van der Waals surface area contributed by atoms with Gasteiger partial charge < -0.3 is 15.5 Å². The molecular weight excluding hydrogens is 270 g/mol. The Morgan fingerprint density at radius 2 is 1.90 bits per heavy atom. The monoisotopic (exact) mass is 299 g/mol. The molecule has 5 heteroatoms. The van der Waals surface area contributed by atoms with E-state index in [1.54, 1.807) is 0 Å². The van der Waals surface area contributed by atoms with E-state index >= 15 is 0 Å². The van der Waals surface area contributed by atoms with Crippen molar-refractivity contribution in [3.8, 4) is 0 Å². The molecule has 0 aliphatic heterocycles. The summed E-state index contributed by atoms with van der Waals surface area (Å²) in [5, 5.41) is 21.1. The van der Waals surface area contributed by atoms with Gasteiger partial charge in [0, 0.05) is 5.92 Å². The topological polar surface area (TPSA) is 86.6 Å². The van der Waals surface area contributed by atoms with Crippen LogP contribution in [-0.4, -0.2) is 34.2 Å². The second kappa shape index (κ2) is 8.37. The van der Waals surface area contributed by atoms with Crippen LogP contribution in [0.5, 0.6) is 0 Å². The number of carbonyl (C=O) groups excluding carboxylic acids is 1. The lowest BCUT2D eigenvalue weighted by molar-refractivity contribution is -0.156. The molecule has 1 aliphatic carbocycles. The fraction of sp³-hybridized carbons (Fsp3) is 0.875. The van der Waals surface area contributed by atoms with Crippen molar-refractivity contribution in [3.05, 3.63) is 0 Å². The van der Waals surface area contributed by atoms with Crippen LogP contribution in [0.25, 0.3) is 0 Å². The highest BCUT2D eigenvalue weighted by Crippen LogP contribution is 2.30. The van der Waals surface area contributed by atoms with E-state index < -0.39 is 11.6 Å². The van der Waals surface area contributed by atoms with Crippen molar-refractivity contribution in [3.63, 3.8) is 0 Å².